The lowest BCUT2D eigenvalue weighted by molar-refractivity contribution is -0.153. The molecule has 1 spiro atoms. The number of aliphatic hydroxyl groups excluding tert-OH is 1. The maximum atomic E-state index is 14.4. The molecule has 2 amide bonds. The zero-order chi connectivity index (χ0) is 26.7. The van der Waals surface area contributed by atoms with Gasteiger partial charge in [0.2, 0.25) is 5.91 Å². The minimum absolute atomic E-state index is 0.0411. The first-order valence-corrected chi connectivity index (χ1v) is 14.7. The van der Waals surface area contributed by atoms with Crippen LogP contribution >= 0.6 is 39.3 Å². The van der Waals surface area contributed by atoms with E-state index in [2.05, 4.69) is 29.1 Å². The number of alkyl halides is 1. The Morgan fingerprint density at radius 3 is 2.70 bits per heavy atom. The number of aliphatic hydroxyl groups is 1. The van der Waals surface area contributed by atoms with Crippen LogP contribution in [0, 0.1) is 11.8 Å². The van der Waals surface area contributed by atoms with Crippen molar-refractivity contribution in [2.45, 2.75) is 46.5 Å². The van der Waals surface area contributed by atoms with Gasteiger partial charge in [-0.15, -0.1) is 18.3 Å². The number of esters is 1. The zero-order valence-corrected chi connectivity index (χ0v) is 23.7. The highest BCUT2D eigenvalue weighted by Crippen LogP contribution is 2.68. The van der Waals surface area contributed by atoms with Crippen molar-refractivity contribution in [1.82, 2.24) is 4.90 Å². The van der Waals surface area contributed by atoms with Gasteiger partial charge in [0.05, 0.1) is 27.3 Å². The summed E-state index contributed by atoms with van der Waals surface area (Å²) in [4.78, 5) is 44.9. The summed E-state index contributed by atoms with van der Waals surface area (Å²) in [5.74, 6) is -2.16. The first kappa shape index (κ1) is 28.2. The molecule has 3 saturated heterocycles. The van der Waals surface area contributed by atoms with Crippen molar-refractivity contribution in [3.63, 3.8) is 0 Å². The summed E-state index contributed by atoms with van der Waals surface area (Å²) < 4.78 is 4.65. The van der Waals surface area contributed by atoms with E-state index in [0.717, 1.165) is 6.42 Å². The van der Waals surface area contributed by atoms with Crippen molar-refractivity contribution in [2.75, 3.05) is 31.2 Å². The van der Waals surface area contributed by atoms with E-state index in [0.29, 0.717) is 36.5 Å². The number of hydrogen-bond donors (Lipinski definition) is 1. The summed E-state index contributed by atoms with van der Waals surface area (Å²) in [5, 5.41) is 9.47. The summed E-state index contributed by atoms with van der Waals surface area (Å²) in [5.41, 5.74) is 0.552. The van der Waals surface area contributed by atoms with Gasteiger partial charge in [-0.05, 0) is 37.8 Å². The van der Waals surface area contributed by atoms with Crippen LogP contribution in [0.15, 0.2) is 49.6 Å². The lowest BCUT2D eigenvalue weighted by Gasteiger charge is -2.38. The number of carbonyl (C=O) groups is 3. The molecule has 0 radical (unpaired) electrons. The van der Waals surface area contributed by atoms with Crippen LogP contribution in [0.1, 0.15) is 25.7 Å². The molecule has 10 heteroatoms. The lowest BCUT2D eigenvalue weighted by Crippen LogP contribution is -2.55. The number of unbranched alkanes of at least 4 members (excludes halogenated alkanes) is 2. The van der Waals surface area contributed by atoms with Gasteiger partial charge in [0.15, 0.2) is 0 Å². The molecular formula is C27H32BrClN2O5S. The second kappa shape index (κ2) is 11.9. The number of halogens is 2. The number of para-hydroxylation sites is 1. The quantitative estimate of drug-likeness (QED) is 0.165. The largest absolute Gasteiger partial charge is 0.461 e. The summed E-state index contributed by atoms with van der Waals surface area (Å²) in [6.45, 7) is 8.18. The van der Waals surface area contributed by atoms with Gasteiger partial charge in [-0.25, -0.2) is 0 Å². The van der Waals surface area contributed by atoms with E-state index in [9.17, 15) is 19.5 Å². The second-order valence-electron chi connectivity index (χ2n) is 9.59. The summed E-state index contributed by atoms with van der Waals surface area (Å²) in [6, 6.07) is 6.34. The maximum Gasteiger partial charge on any atom is 0.311 e. The van der Waals surface area contributed by atoms with Crippen molar-refractivity contribution in [3.05, 3.63) is 54.6 Å². The molecule has 0 aromatic heterocycles. The number of likely N-dealkylation sites (tertiary alicyclic amines) is 1. The molecule has 1 aromatic rings. The number of rotatable bonds is 12. The Bertz CT molecular complexity index is 1070. The van der Waals surface area contributed by atoms with E-state index in [4.69, 9.17) is 16.3 Å². The third-order valence-electron chi connectivity index (χ3n) is 7.42. The highest BCUT2D eigenvalue weighted by Gasteiger charge is 2.76. The predicted molar refractivity (Wildman–Crippen MR) is 150 cm³/mol. The van der Waals surface area contributed by atoms with Gasteiger partial charge in [-0.2, -0.15) is 0 Å². The molecule has 1 N–H and O–H groups in total. The van der Waals surface area contributed by atoms with Gasteiger partial charge >= 0.3 is 5.97 Å². The van der Waals surface area contributed by atoms with Crippen LogP contribution < -0.4 is 4.90 Å². The Kier molecular flexibility index (Phi) is 9.09. The van der Waals surface area contributed by atoms with Gasteiger partial charge in [-0.1, -0.05) is 58.4 Å². The average molecular weight is 612 g/mol. The van der Waals surface area contributed by atoms with Crippen LogP contribution in [0.3, 0.4) is 0 Å². The third kappa shape index (κ3) is 5.00. The first-order valence-electron chi connectivity index (χ1n) is 12.5. The van der Waals surface area contributed by atoms with E-state index in [-0.39, 0.29) is 41.6 Å². The molecule has 37 heavy (non-hydrogen) atoms. The number of ether oxygens (including phenoxy) is 1. The molecular weight excluding hydrogens is 580 g/mol. The van der Waals surface area contributed by atoms with Crippen molar-refractivity contribution < 1.29 is 24.2 Å². The topological polar surface area (TPSA) is 87.2 Å². The van der Waals surface area contributed by atoms with E-state index >= 15 is 0 Å². The number of carbonyl (C=O) groups excluding carboxylic acids is 3. The Labute approximate surface area is 235 Å². The number of thioether (sulfide) groups is 1. The molecule has 3 aliphatic rings. The average Bonchev–Trinajstić information content (AvgIpc) is 3.47. The van der Waals surface area contributed by atoms with Crippen LogP contribution in [-0.2, 0) is 19.1 Å². The summed E-state index contributed by atoms with van der Waals surface area (Å²) >= 11 is 11.8. The Morgan fingerprint density at radius 1 is 1.27 bits per heavy atom. The van der Waals surface area contributed by atoms with Gasteiger partial charge in [0.1, 0.15) is 12.6 Å². The van der Waals surface area contributed by atoms with Crippen LogP contribution in [0.4, 0.5) is 5.69 Å². The molecule has 1 aromatic carbocycles. The molecule has 0 saturated carbocycles. The highest BCUT2D eigenvalue weighted by atomic mass is 79.9. The fourth-order valence-corrected chi connectivity index (χ4v) is 9.81. The van der Waals surface area contributed by atoms with Crippen LogP contribution in [0.2, 0.25) is 5.02 Å². The molecule has 3 aliphatic heterocycles. The molecule has 7 nitrogen and oxygen atoms in total. The SMILES string of the molecule is C=CCOC(=O)[C@H]1[C@@H]2SC3(CC2Br)C(C(=O)N(CC=C)c2ccccc2Cl)N(CCCCCO)C(=O)[C@H]13. The number of fused-ring (bicyclic) bond motifs is 1. The molecule has 0 aliphatic carbocycles. The smallest absolute Gasteiger partial charge is 0.311 e. The van der Waals surface area contributed by atoms with Crippen LogP contribution in [0.25, 0.3) is 0 Å². The van der Waals surface area contributed by atoms with Gasteiger partial charge in [0, 0.05) is 29.8 Å². The fourth-order valence-electron chi connectivity index (χ4n) is 5.98. The second-order valence-corrected chi connectivity index (χ2v) is 12.7. The lowest BCUT2D eigenvalue weighted by atomic mass is 9.71. The number of amides is 2. The molecule has 200 valence electrons. The van der Waals surface area contributed by atoms with Crippen LogP contribution in [0.5, 0.6) is 0 Å². The van der Waals surface area contributed by atoms with E-state index in [1.807, 2.05) is 6.07 Å². The van der Waals surface area contributed by atoms with Gasteiger partial charge in [-0.3, -0.25) is 14.4 Å². The Balaban J connectivity index is 1.76. The van der Waals surface area contributed by atoms with E-state index in [1.54, 1.807) is 45.8 Å². The summed E-state index contributed by atoms with van der Waals surface area (Å²) in [7, 11) is 0. The van der Waals surface area contributed by atoms with Gasteiger partial charge < -0.3 is 19.6 Å². The van der Waals surface area contributed by atoms with Crippen LogP contribution in [-0.4, -0.2) is 75.0 Å². The summed E-state index contributed by atoms with van der Waals surface area (Å²) in [6.07, 6.45) is 5.71. The van der Waals surface area contributed by atoms with Crippen molar-refractivity contribution in [1.29, 1.82) is 0 Å². The highest BCUT2D eigenvalue weighted by molar-refractivity contribution is 9.09. The van der Waals surface area contributed by atoms with Crippen molar-refractivity contribution >= 4 is 62.8 Å². The fraction of sp³-hybridized carbons (Fsp3) is 0.519. The third-order valence-corrected chi connectivity index (χ3v) is 11.0. The number of anilines is 1. The number of benzene rings is 1. The molecule has 6 atom stereocenters. The first-order chi connectivity index (χ1) is 17.8. The minimum atomic E-state index is -0.775. The molecule has 2 bridgehead atoms. The Morgan fingerprint density at radius 2 is 2.03 bits per heavy atom. The Hall–Kier alpha value is -1.81. The number of hydrogen-bond acceptors (Lipinski definition) is 6. The molecule has 3 unspecified atom stereocenters. The predicted octanol–water partition coefficient (Wildman–Crippen LogP) is 4.22. The minimum Gasteiger partial charge on any atom is -0.461 e. The van der Waals surface area contributed by atoms with E-state index in [1.165, 1.54) is 6.08 Å². The standard InChI is InChI=1S/C27H32BrClN2O5S/c1-3-12-30(19-11-7-6-10-18(19)29)25(34)23-27-16-17(28)22(37-27)20(26(35)36-15-4-2)21(27)24(33)31(23)13-8-5-9-14-32/h3-4,6-7,10-11,17,20-23,32H,1-2,5,8-9,12-16H2/t17?,20-,21+,22-,23?,27?/m1/s1. The van der Waals surface area contributed by atoms with Gasteiger partial charge in [0.25, 0.3) is 5.91 Å². The number of nitrogens with zero attached hydrogens (tertiary/aromatic N) is 2. The van der Waals surface area contributed by atoms with E-state index < -0.39 is 28.6 Å². The zero-order valence-electron chi connectivity index (χ0n) is 20.6. The van der Waals surface area contributed by atoms with Crippen molar-refractivity contribution in [3.8, 4) is 0 Å². The molecule has 3 fully saturated rings. The molecule has 3 heterocycles. The van der Waals surface area contributed by atoms with Crippen molar-refractivity contribution in [2.24, 2.45) is 11.8 Å². The normalized spacial score (nSPS) is 29.8. The monoisotopic (exact) mass is 610 g/mol. The molecule has 4 rings (SSSR count). The maximum absolute atomic E-state index is 14.4.